The van der Waals surface area contributed by atoms with Gasteiger partial charge in [-0.15, -0.1) is 0 Å². The second-order valence-corrected chi connectivity index (χ2v) is 7.16. The van der Waals surface area contributed by atoms with Crippen molar-refractivity contribution in [3.05, 3.63) is 54.0 Å². The zero-order chi connectivity index (χ0) is 23.0. The molecule has 2 aromatic heterocycles. The molecule has 0 aliphatic heterocycles. The van der Waals surface area contributed by atoms with E-state index in [-0.39, 0.29) is 17.2 Å². The van der Waals surface area contributed by atoms with Gasteiger partial charge in [-0.3, -0.25) is 0 Å². The lowest BCUT2D eigenvalue weighted by molar-refractivity contribution is 0.324. The minimum absolute atomic E-state index is 0.0714. The highest BCUT2D eigenvalue weighted by Gasteiger charge is 2.20. The van der Waals surface area contributed by atoms with Crippen molar-refractivity contribution in [2.75, 3.05) is 27.1 Å². The van der Waals surface area contributed by atoms with Crippen LogP contribution in [-0.2, 0) is 7.05 Å². The molecular formula is C24H21FN4O3. The second kappa shape index (κ2) is 8.12. The van der Waals surface area contributed by atoms with Gasteiger partial charge in [-0.25, -0.2) is 9.37 Å². The number of aromatic nitrogens is 2. The van der Waals surface area contributed by atoms with E-state index in [1.807, 2.05) is 17.8 Å². The van der Waals surface area contributed by atoms with Crippen molar-refractivity contribution in [3.63, 3.8) is 0 Å². The average Bonchev–Trinajstić information content (AvgIpc) is 3.12. The van der Waals surface area contributed by atoms with Crippen molar-refractivity contribution >= 4 is 16.7 Å². The Balaban J connectivity index is 2.01. The molecule has 32 heavy (non-hydrogen) atoms. The summed E-state index contributed by atoms with van der Waals surface area (Å²) in [5, 5.41) is 10.5. The Morgan fingerprint density at radius 3 is 2.28 bits per heavy atom. The number of pyridine rings is 1. The number of nitrogen functional groups attached to an aromatic ring is 1. The molecule has 2 heterocycles. The Morgan fingerprint density at radius 2 is 1.69 bits per heavy atom. The first-order chi connectivity index (χ1) is 15.4. The van der Waals surface area contributed by atoms with Crippen LogP contribution >= 0.6 is 0 Å². The second-order valence-electron chi connectivity index (χ2n) is 7.16. The number of hydrogen-bond donors (Lipinski definition) is 1. The summed E-state index contributed by atoms with van der Waals surface area (Å²) in [7, 11) is 6.42. The Kier molecular flexibility index (Phi) is 5.33. The summed E-state index contributed by atoms with van der Waals surface area (Å²) < 4.78 is 32.2. The van der Waals surface area contributed by atoms with Crippen LogP contribution in [0.3, 0.4) is 0 Å². The molecule has 0 saturated carbocycles. The summed E-state index contributed by atoms with van der Waals surface area (Å²) >= 11 is 0. The van der Waals surface area contributed by atoms with Crippen molar-refractivity contribution in [2.24, 2.45) is 7.05 Å². The molecule has 0 unspecified atom stereocenters. The molecule has 0 aliphatic carbocycles. The van der Waals surface area contributed by atoms with E-state index in [2.05, 4.69) is 11.1 Å². The molecule has 0 radical (unpaired) electrons. The third-order valence-corrected chi connectivity index (χ3v) is 5.36. The molecule has 0 atom stereocenters. The first-order valence-corrected chi connectivity index (χ1v) is 9.67. The van der Waals surface area contributed by atoms with Crippen LogP contribution in [0.1, 0.15) is 5.56 Å². The zero-order valence-corrected chi connectivity index (χ0v) is 18.1. The summed E-state index contributed by atoms with van der Waals surface area (Å²) in [6.45, 7) is 0. The predicted molar refractivity (Wildman–Crippen MR) is 120 cm³/mol. The third kappa shape index (κ3) is 3.34. The van der Waals surface area contributed by atoms with Crippen molar-refractivity contribution in [3.8, 4) is 45.7 Å². The molecule has 0 spiro atoms. The number of hydrogen-bond acceptors (Lipinski definition) is 6. The number of ether oxygens (including phenoxy) is 3. The van der Waals surface area contributed by atoms with E-state index in [0.717, 1.165) is 5.52 Å². The van der Waals surface area contributed by atoms with Gasteiger partial charge >= 0.3 is 0 Å². The fourth-order valence-electron chi connectivity index (χ4n) is 3.85. The zero-order valence-electron chi connectivity index (χ0n) is 18.1. The number of halogens is 1. The van der Waals surface area contributed by atoms with E-state index in [1.165, 1.54) is 33.5 Å². The molecule has 2 N–H and O–H groups in total. The number of benzene rings is 2. The first kappa shape index (κ1) is 21.0. The number of nitrogens with two attached hydrogens (primary N) is 1. The molecule has 0 fully saturated rings. The average molecular weight is 432 g/mol. The summed E-state index contributed by atoms with van der Waals surface area (Å²) in [4.78, 5) is 4.44. The van der Waals surface area contributed by atoms with Gasteiger partial charge in [0.2, 0.25) is 5.75 Å². The van der Waals surface area contributed by atoms with Crippen molar-refractivity contribution in [1.29, 1.82) is 5.26 Å². The van der Waals surface area contributed by atoms with Gasteiger partial charge in [-0.2, -0.15) is 5.26 Å². The van der Waals surface area contributed by atoms with Crippen LogP contribution in [-0.4, -0.2) is 30.9 Å². The first-order valence-electron chi connectivity index (χ1n) is 9.67. The fourth-order valence-corrected chi connectivity index (χ4v) is 3.85. The number of nitriles is 1. The van der Waals surface area contributed by atoms with Gasteiger partial charge in [0.1, 0.15) is 23.3 Å². The van der Waals surface area contributed by atoms with Crippen LogP contribution < -0.4 is 19.9 Å². The van der Waals surface area contributed by atoms with Crippen LogP contribution in [0.25, 0.3) is 33.3 Å². The van der Waals surface area contributed by atoms with Crippen molar-refractivity contribution < 1.29 is 18.6 Å². The monoisotopic (exact) mass is 432 g/mol. The largest absolute Gasteiger partial charge is 0.493 e. The number of methoxy groups -OCH3 is 3. The van der Waals surface area contributed by atoms with Gasteiger partial charge < -0.3 is 24.5 Å². The van der Waals surface area contributed by atoms with E-state index in [9.17, 15) is 9.65 Å². The maximum atomic E-state index is 14.0. The molecule has 8 heteroatoms. The van der Waals surface area contributed by atoms with Gasteiger partial charge in [0.05, 0.1) is 27.0 Å². The highest BCUT2D eigenvalue weighted by molar-refractivity contribution is 5.96. The topological polar surface area (TPSA) is 95.3 Å². The summed E-state index contributed by atoms with van der Waals surface area (Å²) in [5.41, 5.74) is 9.65. The Labute approximate surface area is 184 Å². The van der Waals surface area contributed by atoms with E-state index in [4.69, 9.17) is 19.9 Å². The van der Waals surface area contributed by atoms with Crippen LogP contribution in [0.4, 0.5) is 10.2 Å². The Bertz CT molecular complexity index is 1360. The van der Waals surface area contributed by atoms with Crippen molar-refractivity contribution in [1.82, 2.24) is 9.55 Å². The van der Waals surface area contributed by atoms with Gasteiger partial charge in [-0.1, -0.05) is 0 Å². The lowest BCUT2D eigenvalue weighted by atomic mass is 9.97. The minimum Gasteiger partial charge on any atom is -0.493 e. The lowest BCUT2D eigenvalue weighted by Crippen LogP contribution is -2.01. The van der Waals surface area contributed by atoms with E-state index < -0.39 is 0 Å². The standard InChI is InChI=1S/C24H21FN4O3/c1-29-12-18(16-9-14(25)5-6-20(16)29)19-10-15(17(11-26)24(27)28-19)13-7-21(30-2)23(32-4)22(8-13)31-3/h5-10,12H,1-4H3,(H2,27,28). The SMILES string of the molecule is COc1cc(-c2cc(-c3cn(C)c4ccc(F)cc34)nc(N)c2C#N)cc(OC)c1OC. The highest BCUT2D eigenvalue weighted by Crippen LogP contribution is 2.43. The molecule has 7 nitrogen and oxygen atoms in total. The van der Waals surface area contributed by atoms with Crippen LogP contribution in [0.2, 0.25) is 0 Å². The maximum Gasteiger partial charge on any atom is 0.203 e. The molecule has 4 aromatic rings. The minimum atomic E-state index is -0.351. The van der Waals surface area contributed by atoms with Crippen LogP contribution in [0.5, 0.6) is 17.2 Å². The maximum absolute atomic E-state index is 14.0. The number of anilines is 1. The van der Waals surface area contributed by atoms with E-state index in [0.29, 0.717) is 45.0 Å². The highest BCUT2D eigenvalue weighted by atomic mass is 19.1. The van der Waals surface area contributed by atoms with Crippen molar-refractivity contribution in [2.45, 2.75) is 0 Å². The molecule has 0 amide bonds. The smallest absolute Gasteiger partial charge is 0.203 e. The Hall–Kier alpha value is -4.25. The summed E-state index contributed by atoms with van der Waals surface area (Å²) in [5.74, 6) is 1.03. The summed E-state index contributed by atoms with van der Waals surface area (Å²) in [6, 6.07) is 11.9. The molecule has 0 bridgehead atoms. The molecule has 162 valence electrons. The molecular weight excluding hydrogens is 411 g/mol. The predicted octanol–water partition coefficient (Wildman–Crippen LogP) is 4.53. The Morgan fingerprint density at radius 1 is 1.00 bits per heavy atom. The van der Waals surface area contributed by atoms with Gasteiger partial charge in [-0.05, 0) is 42.0 Å². The van der Waals surface area contributed by atoms with E-state index >= 15 is 0 Å². The number of aryl methyl sites for hydroxylation is 1. The molecule has 2 aromatic carbocycles. The van der Waals surface area contributed by atoms with Crippen LogP contribution in [0, 0.1) is 17.1 Å². The van der Waals surface area contributed by atoms with E-state index in [1.54, 1.807) is 24.3 Å². The number of fused-ring (bicyclic) bond motifs is 1. The molecule has 4 rings (SSSR count). The number of rotatable bonds is 5. The molecule has 0 saturated heterocycles. The van der Waals surface area contributed by atoms with Gasteiger partial charge in [0.25, 0.3) is 0 Å². The third-order valence-electron chi connectivity index (χ3n) is 5.36. The molecule has 0 aliphatic rings. The fraction of sp³-hybridized carbons (Fsp3) is 0.167. The lowest BCUT2D eigenvalue weighted by Gasteiger charge is -2.16. The normalized spacial score (nSPS) is 10.8. The quantitative estimate of drug-likeness (QED) is 0.498. The van der Waals surface area contributed by atoms with Gasteiger partial charge in [0.15, 0.2) is 11.5 Å². The number of nitrogens with zero attached hydrogens (tertiary/aromatic N) is 3. The van der Waals surface area contributed by atoms with Crippen LogP contribution in [0.15, 0.2) is 42.6 Å². The van der Waals surface area contributed by atoms with Gasteiger partial charge in [0, 0.05) is 35.3 Å². The summed E-state index contributed by atoms with van der Waals surface area (Å²) in [6.07, 6.45) is 1.86.